The van der Waals surface area contributed by atoms with Gasteiger partial charge < -0.3 is 10.8 Å². The summed E-state index contributed by atoms with van der Waals surface area (Å²) < 4.78 is 0. The van der Waals surface area contributed by atoms with E-state index in [1.54, 1.807) is 0 Å². The number of allylic oxidation sites excluding steroid dienone is 1. The zero-order valence-corrected chi connectivity index (χ0v) is 9.16. The molecule has 3 aliphatic carbocycles. The maximum atomic E-state index is 9.55. The Kier molecular flexibility index (Phi) is 2.44. The van der Waals surface area contributed by atoms with E-state index in [0.717, 1.165) is 12.3 Å². The normalized spacial score (nSPS) is 35.9. The van der Waals surface area contributed by atoms with Crippen molar-refractivity contribution in [2.24, 2.45) is 23.0 Å². The zero-order valence-electron chi connectivity index (χ0n) is 9.16. The molecule has 2 heteroatoms. The third-order valence-corrected chi connectivity index (χ3v) is 4.33. The highest BCUT2D eigenvalue weighted by molar-refractivity contribution is 5.23. The second kappa shape index (κ2) is 3.35. The standard InChI is InChI=1S/C12H21NO/c1-12(2)9-4-3-8(11(12)6-9)5-10(14)7-13/h3,9-11,14H,4-7,13H2,1-2H3. The molecule has 3 aliphatic rings. The summed E-state index contributed by atoms with van der Waals surface area (Å²) in [6, 6.07) is 0. The number of nitrogens with two attached hydrogens (primary N) is 1. The topological polar surface area (TPSA) is 46.2 Å². The lowest BCUT2D eigenvalue weighted by molar-refractivity contribution is -0.0118. The Bertz CT molecular complexity index is 257. The molecule has 3 atom stereocenters. The predicted octanol–water partition coefficient (Wildman–Crippen LogP) is 1.69. The summed E-state index contributed by atoms with van der Waals surface area (Å²) in [5, 5.41) is 9.55. The van der Waals surface area contributed by atoms with E-state index >= 15 is 0 Å². The van der Waals surface area contributed by atoms with Gasteiger partial charge in [-0.1, -0.05) is 25.5 Å². The van der Waals surface area contributed by atoms with Gasteiger partial charge in [-0.05, 0) is 36.5 Å². The van der Waals surface area contributed by atoms with Crippen molar-refractivity contribution in [2.75, 3.05) is 6.54 Å². The maximum absolute atomic E-state index is 9.55. The van der Waals surface area contributed by atoms with Crippen molar-refractivity contribution in [2.45, 2.75) is 39.2 Å². The lowest BCUT2D eigenvalue weighted by Gasteiger charge is -2.56. The van der Waals surface area contributed by atoms with Gasteiger partial charge in [0.1, 0.15) is 0 Å². The first-order valence-corrected chi connectivity index (χ1v) is 5.62. The van der Waals surface area contributed by atoms with Gasteiger partial charge in [-0.15, -0.1) is 0 Å². The Labute approximate surface area is 86.2 Å². The number of rotatable bonds is 3. The molecular weight excluding hydrogens is 174 g/mol. The number of aliphatic hydroxyl groups is 1. The molecule has 2 nitrogen and oxygen atoms in total. The molecule has 1 saturated carbocycles. The van der Waals surface area contributed by atoms with Crippen molar-refractivity contribution >= 4 is 0 Å². The summed E-state index contributed by atoms with van der Waals surface area (Å²) in [7, 11) is 0. The first-order valence-electron chi connectivity index (χ1n) is 5.62. The van der Waals surface area contributed by atoms with Crippen LogP contribution in [-0.2, 0) is 0 Å². The minimum Gasteiger partial charge on any atom is -0.391 e. The van der Waals surface area contributed by atoms with Crippen molar-refractivity contribution in [3.63, 3.8) is 0 Å². The van der Waals surface area contributed by atoms with Crippen LogP contribution in [0.15, 0.2) is 11.6 Å². The molecule has 80 valence electrons. The third kappa shape index (κ3) is 1.41. The molecule has 3 unspecified atom stereocenters. The Morgan fingerprint density at radius 3 is 2.86 bits per heavy atom. The van der Waals surface area contributed by atoms with Crippen LogP contribution >= 0.6 is 0 Å². The van der Waals surface area contributed by atoms with Crippen LogP contribution in [-0.4, -0.2) is 17.8 Å². The number of fused-ring (bicyclic) bond motifs is 1. The van der Waals surface area contributed by atoms with E-state index < -0.39 is 0 Å². The highest BCUT2D eigenvalue weighted by Crippen LogP contribution is 2.59. The molecule has 0 radical (unpaired) electrons. The fourth-order valence-electron chi connectivity index (χ4n) is 3.06. The minimum atomic E-state index is -0.339. The Balaban J connectivity index is 2.04. The molecule has 0 saturated heterocycles. The number of hydrogen-bond acceptors (Lipinski definition) is 2. The van der Waals surface area contributed by atoms with Gasteiger partial charge in [0.05, 0.1) is 6.10 Å². The van der Waals surface area contributed by atoms with E-state index in [2.05, 4.69) is 19.9 Å². The van der Waals surface area contributed by atoms with Crippen LogP contribution in [0, 0.1) is 17.3 Å². The second-order valence-corrected chi connectivity index (χ2v) is 5.41. The van der Waals surface area contributed by atoms with Gasteiger partial charge in [-0.25, -0.2) is 0 Å². The summed E-state index contributed by atoms with van der Waals surface area (Å²) in [6.45, 7) is 5.09. The van der Waals surface area contributed by atoms with Crippen LogP contribution < -0.4 is 5.73 Å². The summed E-state index contributed by atoms with van der Waals surface area (Å²) in [5.74, 6) is 1.59. The van der Waals surface area contributed by atoms with E-state index in [9.17, 15) is 5.11 Å². The van der Waals surface area contributed by atoms with Gasteiger partial charge in [-0.3, -0.25) is 0 Å². The summed E-state index contributed by atoms with van der Waals surface area (Å²) in [6.07, 6.45) is 5.32. The largest absolute Gasteiger partial charge is 0.391 e. The van der Waals surface area contributed by atoms with Gasteiger partial charge >= 0.3 is 0 Å². The monoisotopic (exact) mass is 195 g/mol. The van der Waals surface area contributed by atoms with Crippen LogP contribution in [0.25, 0.3) is 0 Å². The molecule has 0 aliphatic heterocycles. The van der Waals surface area contributed by atoms with E-state index in [1.165, 1.54) is 18.4 Å². The second-order valence-electron chi connectivity index (χ2n) is 5.41. The highest BCUT2D eigenvalue weighted by atomic mass is 16.3. The van der Waals surface area contributed by atoms with Crippen molar-refractivity contribution in [3.05, 3.63) is 11.6 Å². The fraction of sp³-hybridized carbons (Fsp3) is 0.833. The van der Waals surface area contributed by atoms with Crippen molar-refractivity contribution in [1.82, 2.24) is 0 Å². The SMILES string of the molecule is CC1(C)C2CC=C(CC(O)CN)C1C2. The maximum Gasteiger partial charge on any atom is 0.0699 e. The molecule has 0 amide bonds. The van der Waals surface area contributed by atoms with Crippen LogP contribution in [0.2, 0.25) is 0 Å². The Morgan fingerprint density at radius 1 is 1.64 bits per heavy atom. The minimum absolute atomic E-state index is 0.339. The molecule has 0 spiro atoms. The molecule has 3 rings (SSSR count). The fourth-order valence-corrected chi connectivity index (χ4v) is 3.06. The van der Waals surface area contributed by atoms with Crippen LogP contribution in [0.1, 0.15) is 33.1 Å². The van der Waals surface area contributed by atoms with Crippen LogP contribution in [0.5, 0.6) is 0 Å². The Morgan fingerprint density at radius 2 is 2.36 bits per heavy atom. The number of aliphatic hydroxyl groups excluding tert-OH is 1. The van der Waals surface area contributed by atoms with E-state index in [0.29, 0.717) is 17.9 Å². The van der Waals surface area contributed by atoms with E-state index in [4.69, 9.17) is 5.73 Å². The molecule has 0 heterocycles. The average molecular weight is 195 g/mol. The molecule has 3 N–H and O–H groups in total. The first kappa shape index (κ1) is 10.2. The van der Waals surface area contributed by atoms with E-state index in [-0.39, 0.29) is 6.10 Å². The third-order valence-electron chi connectivity index (χ3n) is 4.33. The molecule has 0 aromatic heterocycles. The molecule has 0 aromatic rings. The van der Waals surface area contributed by atoms with Crippen molar-refractivity contribution < 1.29 is 5.11 Å². The van der Waals surface area contributed by atoms with Crippen LogP contribution in [0.3, 0.4) is 0 Å². The summed E-state index contributed by atoms with van der Waals surface area (Å²) in [5.41, 5.74) is 7.36. The van der Waals surface area contributed by atoms with Crippen LogP contribution in [0.4, 0.5) is 0 Å². The van der Waals surface area contributed by atoms with Gasteiger partial charge in [0.15, 0.2) is 0 Å². The highest BCUT2D eigenvalue weighted by Gasteiger charge is 2.50. The van der Waals surface area contributed by atoms with Gasteiger partial charge in [-0.2, -0.15) is 0 Å². The molecule has 1 fully saturated rings. The molecule has 2 bridgehead atoms. The smallest absolute Gasteiger partial charge is 0.0699 e. The number of hydrogen-bond donors (Lipinski definition) is 2. The lowest BCUT2D eigenvalue weighted by Crippen LogP contribution is -2.48. The average Bonchev–Trinajstić information content (AvgIpc) is 2.17. The molecule has 14 heavy (non-hydrogen) atoms. The van der Waals surface area contributed by atoms with Crippen molar-refractivity contribution in [1.29, 1.82) is 0 Å². The van der Waals surface area contributed by atoms with E-state index in [1.807, 2.05) is 0 Å². The summed E-state index contributed by atoms with van der Waals surface area (Å²) in [4.78, 5) is 0. The van der Waals surface area contributed by atoms with Crippen molar-refractivity contribution in [3.8, 4) is 0 Å². The molecular formula is C12H21NO. The van der Waals surface area contributed by atoms with Gasteiger partial charge in [0.2, 0.25) is 0 Å². The van der Waals surface area contributed by atoms with Gasteiger partial charge in [0, 0.05) is 6.54 Å². The first-order chi connectivity index (χ1) is 6.55. The zero-order chi connectivity index (χ0) is 10.3. The summed E-state index contributed by atoms with van der Waals surface area (Å²) >= 11 is 0. The molecule has 0 aromatic carbocycles. The lowest BCUT2D eigenvalue weighted by atomic mass is 9.48. The Hall–Kier alpha value is -0.340. The van der Waals surface area contributed by atoms with Gasteiger partial charge in [0.25, 0.3) is 0 Å². The predicted molar refractivity (Wildman–Crippen MR) is 57.8 cm³/mol. The quantitative estimate of drug-likeness (QED) is 0.673.